The normalized spacial score (nSPS) is 10.2. The number of hydrogen-bond acceptors (Lipinski definition) is 3. The molecule has 0 fully saturated rings. The van der Waals surface area contributed by atoms with E-state index in [-0.39, 0.29) is 18.2 Å². The number of hydrogen-bond donors (Lipinski definition) is 3. The van der Waals surface area contributed by atoms with E-state index in [1.54, 1.807) is 36.7 Å². The van der Waals surface area contributed by atoms with Crippen LogP contribution in [-0.4, -0.2) is 27.9 Å². The number of aromatic amines is 1. The first-order valence-corrected chi connectivity index (χ1v) is 5.07. The van der Waals surface area contributed by atoms with E-state index in [1.165, 1.54) is 4.68 Å². The van der Waals surface area contributed by atoms with E-state index in [0.29, 0.717) is 11.4 Å². The van der Waals surface area contributed by atoms with Gasteiger partial charge in [0.05, 0.1) is 12.2 Å². The van der Waals surface area contributed by atoms with E-state index in [0.717, 1.165) is 0 Å². The van der Waals surface area contributed by atoms with Crippen LogP contribution in [0.3, 0.4) is 0 Å². The maximum Gasteiger partial charge on any atom is 0.252 e. The Balaban J connectivity index is 2.25. The first-order chi connectivity index (χ1) is 8.22. The summed E-state index contributed by atoms with van der Waals surface area (Å²) in [5.41, 5.74) is 8.53. The van der Waals surface area contributed by atoms with Crippen molar-refractivity contribution in [3.05, 3.63) is 48.0 Å². The van der Waals surface area contributed by atoms with Crippen LogP contribution >= 0.6 is 0 Å². The predicted molar refractivity (Wildman–Crippen MR) is 62.1 cm³/mol. The molecule has 4 N–H and O–H groups in total. The van der Waals surface area contributed by atoms with Crippen LogP contribution in [0.25, 0.3) is 0 Å². The molecule has 0 aromatic carbocycles. The van der Waals surface area contributed by atoms with E-state index < -0.39 is 0 Å². The largest absolute Gasteiger partial charge is 0.358 e. The minimum absolute atomic E-state index is 0.131. The molecule has 2 aromatic rings. The number of ketones is 1. The molecule has 2 heterocycles. The summed E-state index contributed by atoms with van der Waals surface area (Å²) in [5.74, 6) is -0.556. The number of rotatable bonds is 4. The Labute approximate surface area is 97.4 Å². The van der Waals surface area contributed by atoms with Gasteiger partial charge in [-0.25, -0.2) is 0 Å². The van der Waals surface area contributed by atoms with Gasteiger partial charge >= 0.3 is 0 Å². The number of amides is 1. The number of H-pyrrole nitrogens is 1. The molecule has 88 valence electrons. The second-order valence-electron chi connectivity index (χ2n) is 3.42. The summed E-state index contributed by atoms with van der Waals surface area (Å²) in [5, 5.41) is 0. The van der Waals surface area contributed by atoms with E-state index >= 15 is 0 Å². The molecule has 0 unspecified atom stereocenters. The number of nitrogens with two attached hydrogens (primary N) is 1. The Kier molecular flexibility index (Phi) is 3.06. The van der Waals surface area contributed by atoms with Gasteiger partial charge < -0.3 is 10.7 Å². The van der Waals surface area contributed by atoms with Gasteiger partial charge in [0, 0.05) is 12.4 Å². The van der Waals surface area contributed by atoms with Gasteiger partial charge in [-0.15, -0.1) is 0 Å². The number of aromatic nitrogens is 2. The summed E-state index contributed by atoms with van der Waals surface area (Å²) in [6.07, 6.45) is 3.25. The van der Waals surface area contributed by atoms with Gasteiger partial charge in [-0.05, 0) is 24.3 Å². The molecule has 0 bridgehead atoms. The zero-order valence-corrected chi connectivity index (χ0v) is 9.01. The first-order valence-electron chi connectivity index (χ1n) is 5.07. The Morgan fingerprint density at radius 1 is 1.35 bits per heavy atom. The van der Waals surface area contributed by atoms with Gasteiger partial charge in [-0.2, -0.15) is 0 Å². The second-order valence-corrected chi connectivity index (χ2v) is 3.42. The van der Waals surface area contributed by atoms with E-state index in [9.17, 15) is 9.59 Å². The van der Waals surface area contributed by atoms with Gasteiger partial charge in [-0.1, -0.05) is 0 Å². The Morgan fingerprint density at radius 2 is 2.18 bits per heavy atom. The lowest BCUT2D eigenvalue weighted by atomic mass is 10.2. The van der Waals surface area contributed by atoms with Crippen molar-refractivity contribution in [1.82, 2.24) is 9.66 Å². The fourth-order valence-electron chi connectivity index (χ4n) is 1.45. The average Bonchev–Trinajstić information content (AvgIpc) is 2.98. The van der Waals surface area contributed by atoms with Crippen LogP contribution in [0.15, 0.2) is 36.7 Å². The van der Waals surface area contributed by atoms with Crippen molar-refractivity contribution in [2.24, 2.45) is 5.73 Å². The summed E-state index contributed by atoms with van der Waals surface area (Å²) in [4.78, 5) is 26.0. The van der Waals surface area contributed by atoms with Crippen molar-refractivity contribution in [2.45, 2.75) is 0 Å². The summed E-state index contributed by atoms with van der Waals surface area (Å²) in [7, 11) is 0. The van der Waals surface area contributed by atoms with Crippen LogP contribution in [0, 0.1) is 0 Å². The zero-order valence-electron chi connectivity index (χ0n) is 9.01. The predicted octanol–water partition coefficient (Wildman–Crippen LogP) is 0.0760. The van der Waals surface area contributed by atoms with Crippen LogP contribution in [0.1, 0.15) is 16.2 Å². The highest BCUT2D eigenvalue weighted by Gasteiger charge is 2.14. The first kappa shape index (κ1) is 11.2. The highest BCUT2D eigenvalue weighted by Crippen LogP contribution is 2.07. The third-order valence-corrected chi connectivity index (χ3v) is 2.25. The molecule has 2 aromatic heterocycles. The summed E-state index contributed by atoms with van der Waals surface area (Å²) in [6.45, 7) is -0.131. The molecule has 0 radical (unpaired) electrons. The van der Waals surface area contributed by atoms with E-state index in [1.807, 2.05) is 0 Å². The zero-order chi connectivity index (χ0) is 12.3. The van der Waals surface area contributed by atoms with Crippen molar-refractivity contribution >= 4 is 11.7 Å². The molecule has 0 spiro atoms. The lowest BCUT2D eigenvalue weighted by Crippen LogP contribution is -2.30. The number of carbonyl (C=O) groups is 2. The number of nitrogens with zero attached hydrogens (tertiary/aromatic N) is 1. The SMILES string of the molecule is NCC(=O)Nn1cccc1C(=O)c1ccc[nH]1. The maximum atomic E-state index is 12.0. The van der Waals surface area contributed by atoms with E-state index in [4.69, 9.17) is 5.73 Å². The van der Waals surface area contributed by atoms with Crippen molar-refractivity contribution in [3.63, 3.8) is 0 Å². The van der Waals surface area contributed by atoms with Gasteiger partial charge in [0.25, 0.3) is 5.91 Å². The minimum Gasteiger partial charge on any atom is -0.358 e. The lowest BCUT2D eigenvalue weighted by molar-refractivity contribution is -0.115. The molecule has 17 heavy (non-hydrogen) atoms. The molecule has 0 saturated carbocycles. The molecule has 0 saturated heterocycles. The standard InChI is InChI=1S/C11H12N4O2/c12-7-10(16)14-15-6-2-4-9(15)11(17)8-3-1-5-13-8/h1-6,13H,7,12H2,(H,14,16). The third kappa shape index (κ3) is 2.26. The summed E-state index contributed by atoms with van der Waals surface area (Å²) in [6, 6.07) is 6.70. The Bertz CT molecular complexity index is 527. The highest BCUT2D eigenvalue weighted by atomic mass is 16.2. The maximum absolute atomic E-state index is 12.0. The molecular weight excluding hydrogens is 220 g/mol. The molecule has 6 heteroatoms. The van der Waals surface area contributed by atoms with Crippen LogP contribution < -0.4 is 11.2 Å². The molecule has 6 nitrogen and oxygen atoms in total. The minimum atomic E-state index is -0.360. The highest BCUT2D eigenvalue weighted by molar-refractivity contribution is 6.07. The Morgan fingerprint density at radius 3 is 2.82 bits per heavy atom. The monoisotopic (exact) mass is 232 g/mol. The van der Waals surface area contributed by atoms with Gasteiger partial charge in [-0.3, -0.25) is 19.7 Å². The molecular formula is C11H12N4O2. The molecule has 0 atom stereocenters. The number of carbonyl (C=O) groups excluding carboxylic acids is 2. The van der Waals surface area contributed by atoms with Crippen LogP contribution in [0.5, 0.6) is 0 Å². The van der Waals surface area contributed by atoms with Gasteiger partial charge in [0.2, 0.25) is 5.78 Å². The fourth-order valence-corrected chi connectivity index (χ4v) is 1.45. The van der Waals surface area contributed by atoms with Gasteiger partial charge in [0.1, 0.15) is 5.69 Å². The van der Waals surface area contributed by atoms with Crippen molar-refractivity contribution in [3.8, 4) is 0 Å². The molecule has 0 aliphatic rings. The molecule has 2 rings (SSSR count). The lowest BCUT2D eigenvalue weighted by Gasteiger charge is -2.08. The van der Waals surface area contributed by atoms with Crippen molar-refractivity contribution in [1.29, 1.82) is 0 Å². The average molecular weight is 232 g/mol. The van der Waals surface area contributed by atoms with Crippen LogP contribution in [0.2, 0.25) is 0 Å². The second kappa shape index (κ2) is 4.67. The van der Waals surface area contributed by atoms with E-state index in [2.05, 4.69) is 10.4 Å². The third-order valence-electron chi connectivity index (χ3n) is 2.25. The fraction of sp³-hybridized carbons (Fsp3) is 0.0909. The smallest absolute Gasteiger partial charge is 0.252 e. The molecule has 0 aliphatic heterocycles. The quantitative estimate of drug-likeness (QED) is 0.651. The van der Waals surface area contributed by atoms with Crippen LogP contribution in [0.4, 0.5) is 0 Å². The summed E-state index contributed by atoms with van der Waals surface area (Å²) < 4.78 is 1.36. The van der Waals surface area contributed by atoms with Crippen molar-refractivity contribution in [2.75, 3.05) is 12.0 Å². The Hall–Kier alpha value is -2.34. The van der Waals surface area contributed by atoms with Crippen LogP contribution in [-0.2, 0) is 4.79 Å². The van der Waals surface area contributed by atoms with Gasteiger partial charge in [0.15, 0.2) is 0 Å². The molecule has 0 aliphatic carbocycles. The van der Waals surface area contributed by atoms with Crippen molar-refractivity contribution < 1.29 is 9.59 Å². The summed E-state index contributed by atoms with van der Waals surface area (Å²) >= 11 is 0. The molecule has 1 amide bonds. The topological polar surface area (TPSA) is 92.9 Å². The number of nitrogens with one attached hydrogen (secondary N) is 2.